The van der Waals surface area contributed by atoms with Gasteiger partial charge in [-0.15, -0.1) is 0 Å². The van der Waals surface area contributed by atoms with E-state index >= 15 is 0 Å². The van der Waals surface area contributed by atoms with Crippen molar-refractivity contribution in [1.29, 1.82) is 0 Å². The van der Waals surface area contributed by atoms with Gasteiger partial charge >= 0.3 is 0 Å². The van der Waals surface area contributed by atoms with E-state index in [1.54, 1.807) is 23.1 Å². The number of ether oxygens (including phenoxy) is 2. The highest BCUT2D eigenvalue weighted by Crippen LogP contribution is 2.22. The number of carbonyl (C=O) groups is 2. The maximum absolute atomic E-state index is 12.1. The minimum absolute atomic E-state index is 0.103. The first-order valence-electron chi connectivity index (χ1n) is 6.90. The first-order chi connectivity index (χ1) is 10.2. The second kappa shape index (κ2) is 7.19. The van der Waals surface area contributed by atoms with Crippen LogP contribution in [0, 0.1) is 0 Å². The highest BCUT2D eigenvalue weighted by Gasteiger charge is 2.22. The summed E-state index contributed by atoms with van der Waals surface area (Å²) in [5.41, 5.74) is 1.28. The molecule has 1 aromatic rings. The average Bonchev–Trinajstić information content (AvgIpc) is 2.94. The van der Waals surface area contributed by atoms with Crippen LogP contribution in [-0.2, 0) is 14.3 Å². The standard InChI is InChI=1S/C15H20N2O4/c1-20-14(21-2)10-16-15(19)11-5-3-6-12(9-11)17-8-4-7-13(17)18/h3,5-6,9,14H,4,7-8,10H2,1-2H3,(H,16,19). The fourth-order valence-corrected chi connectivity index (χ4v) is 2.28. The molecule has 1 N–H and O–H groups in total. The van der Waals surface area contributed by atoms with E-state index in [0.29, 0.717) is 18.5 Å². The summed E-state index contributed by atoms with van der Waals surface area (Å²) in [7, 11) is 3.03. The summed E-state index contributed by atoms with van der Waals surface area (Å²) in [5, 5.41) is 2.74. The predicted octanol–water partition coefficient (Wildman–Crippen LogP) is 1.16. The van der Waals surface area contributed by atoms with E-state index in [1.165, 1.54) is 14.2 Å². The molecule has 0 atom stereocenters. The molecule has 6 nitrogen and oxygen atoms in total. The molecule has 0 aromatic heterocycles. The molecule has 1 aliphatic heterocycles. The topological polar surface area (TPSA) is 67.9 Å². The molecular formula is C15H20N2O4. The van der Waals surface area contributed by atoms with Crippen molar-refractivity contribution < 1.29 is 19.1 Å². The number of methoxy groups -OCH3 is 2. The number of nitrogens with zero attached hydrogens (tertiary/aromatic N) is 1. The Bertz CT molecular complexity index is 514. The van der Waals surface area contributed by atoms with Crippen LogP contribution in [0.25, 0.3) is 0 Å². The van der Waals surface area contributed by atoms with E-state index in [9.17, 15) is 9.59 Å². The zero-order valence-corrected chi connectivity index (χ0v) is 12.3. The summed E-state index contributed by atoms with van der Waals surface area (Å²) in [6.45, 7) is 0.970. The second-order valence-corrected chi connectivity index (χ2v) is 4.81. The normalized spacial score (nSPS) is 14.8. The fraction of sp³-hybridized carbons (Fsp3) is 0.467. The van der Waals surface area contributed by atoms with Gasteiger partial charge in [-0.3, -0.25) is 9.59 Å². The van der Waals surface area contributed by atoms with E-state index in [4.69, 9.17) is 9.47 Å². The minimum Gasteiger partial charge on any atom is -0.354 e. The van der Waals surface area contributed by atoms with E-state index in [-0.39, 0.29) is 18.4 Å². The van der Waals surface area contributed by atoms with Gasteiger partial charge in [-0.1, -0.05) is 6.07 Å². The molecule has 6 heteroatoms. The molecule has 1 aromatic carbocycles. The number of rotatable bonds is 6. The Hall–Kier alpha value is -1.92. The molecule has 0 unspecified atom stereocenters. The van der Waals surface area contributed by atoms with Crippen molar-refractivity contribution in [2.45, 2.75) is 19.1 Å². The summed E-state index contributed by atoms with van der Waals surface area (Å²) in [5.74, 6) is -0.117. The Kier molecular flexibility index (Phi) is 5.30. The number of benzene rings is 1. The number of hydrogen-bond donors (Lipinski definition) is 1. The van der Waals surface area contributed by atoms with Crippen LogP contribution in [0.5, 0.6) is 0 Å². The average molecular weight is 292 g/mol. The molecule has 1 aliphatic rings. The van der Waals surface area contributed by atoms with Gasteiger partial charge in [0.15, 0.2) is 6.29 Å². The first kappa shape index (κ1) is 15.5. The first-order valence-corrected chi connectivity index (χ1v) is 6.90. The van der Waals surface area contributed by atoms with Gasteiger partial charge in [0.05, 0.1) is 6.54 Å². The number of hydrogen-bond acceptors (Lipinski definition) is 4. The summed E-state index contributed by atoms with van der Waals surface area (Å²) >= 11 is 0. The molecular weight excluding hydrogens is 272 g/mol. The number of amides is 2. The third-order valence-corrected chi connectivity index (χ3v) is 3.45. The monoisotopic (exact) mass is 292 g/mol. The van der Waals surface area contributed by atoms with Crippen molar-refractivity contribution in [2.75, 3.05) is 32.2 Å². The summed E-state index contributed by atoms with van der Waals surface area (Å²) in [6.07, 6.45) is 0.954. The Labute approximate surface area is 124 Å². The molecule has 0 aliphatic carbocycles. The van der Waals surface area contributed by atoms with Crippen LogP contribution in [0.1, 0.15) is 23.2 Å². The fourth-order valence-electron chi connectivity index (χ4n) is 2.28. The SMILES string of the molecule is COC(CNC(=O)c1cccc(N2CCCC2=O)c1)OC. The van der Waals surface area contributed by atoms with Gasteiger partial charge in [0.1, 0.15) is 0 Å². The van der Waals surface area contributed by atoms with Crippen LogP contribution in [0.4, 0.5) is 5.69 Å². The molecule has 1 fully saturated rings. The van der Waals surface area contributed by atoms with Gasteiger partial charge < -0.3 is 19.7 Å². The molecule has 2 rings (SSSR count). The van der Waals surface area contributed by atoms with Gasteiger partial charge in [-0.25, -0.2) is 0 Å². The summed E-state index contributed by atoms with van der Waals surface area (Å²) in [6, 6.07) is 7.06. The van der Waals surface area contributed by atoms with Gasteiger partial charge in [0.25, 0.3) is 5.91 Å². The van der Waals surface area contributed by atoms with Gasteiger partial charge in [0, 0.05) is 38.4 Å². The molecule has 0 spiro atoms. The predicted molar refractivity (Wildman–Crippen MR) is 78.2 cm³/mol. The lowest BCUT2D eigenvalue weighted by molar-refractivity contribution is -0.117. The third kappa shape index (κ3) is 3.80. The van der Waals surface area contributed by atoms with Crippen molar-refractivity contribution in [3.63, 3.8) is 0 Å². The van der Waals surface area contributed by atoms with Crippen LogP contribution in [0.3, 0.4) is 0 Å². The van der Waals surface area contributed by atoms with Crippen LogP contribution >= 0.6 is 0 Å². The zero-order chi connectivity index (χ0) is 15.2. The highest BCUT2D eigenvalue weighted by molar-refractivity contribution is 5.99. The number of anilines is 1. The summed E-state index contributed by atoms with van der Waals surface area (Å²) < 4.78 is 10.0. The molecule has 114 valence electrons. The molecule has 0 saturated carbocycles. The third-order valence-electron chi connectivity index (χ3n) is 3.45. The maximum Gasteiger partial charge on any atom is 0.251 e. The van der Waals surface area contributed by atoms with E-state index < -0.39 is 6.29 Å². The number of carbonyl (C=O) groups excluding carboxylic acids is 2. The quantitative estimate of drug-likeness (QED) is 0.799. The molecule has 21 heavy (non-hydrogen) atoms. The van der Waals surface area contributed by atoms with Crippen molar-refractivity contribution in [3.8, 4) is 0 Å². The molecule has 1 heterocycles. The van der Waals surface area contributed by atoms with E-state index in [2.05, 4.69) is 5.32 Å². The van der Waals surface area contributed by atoms with Crippen LogP contribution in [-0.4, -0.2) is 45.4 Å². The van der Waals surface area contributed by atoms with Gasteiger partial charge in [-0.05, 0) is 24.6 Å². The van der Waals surface area contributed by atoms with E-state index in [1.807, 2.05) is 6.07 Å². The number of nitrogens with one attached hydrogen (secondary N) is 1. The lowest BCUT2D eigenvalue weighted by atomic mass is 10.1. The molecule has 2 amide bonds. The van der Waals surface area contributed by atoms with Crippen LogP contribution < -0.4 is 10.2 Å². The smallest absolute Gasteiger partial charge is 0.251 e. The van der Waals surface area contributed by atoms with Crippen molar-refractivity contribution in [2.24, 2.45) is 0 Å². The lowest BCUT2D eigenvalue weighted by Crippen LogP contribution is -2.34. The Morgan fingerprint density at radius 3 is 2.76 bits per heavy atom. The van der Waals surface area contributed by atoms with Crippen molar-refractivity contribution >= 4 is 17.5 Å². The second-order valence-electron chi connectivity index (χ2n) is 4.81. The van der Waals surface area contributed by atoms with Crippen molar-refractivity contribution in [1.82, 2.24) is 5.32 Å². The van der Waals surface area contributed by atoms with Crippen LogP contribution in [0.15, 0.2) is 24.3 Å². The molecule has 0 bridgehead atoms. The maximum atomic E-state index is 12.1. The molecule has 0 radical (unpaired) electrons. The minimum atomic E-state index is -0.475. The Morgan fingerprint density at radius 2 is 2.14 bits per heavy atom. The highest BCUT2D eigenvalue weighted by atomic mass is 16.7. The van der Waals surface area contributed by atoms with E-state index in [0.717, 1.165) is 12.1 Å². The lowest BCUT2D eigenvalue weighted by Gasteiger charge is -2.17. The van der Waals surface area contributed by atoms with Crippen molar-refractivity contribution in [3.05, 3.63) is 29.8 Å². The zero-order valence-electron chi connectivity index (χ0n) is 12.3. The Morgan fingerprint density at radius 1 is 1.38 bits per heavy atom. The summed E-state index contributed by atoms with van der Waals surface area (Å²) in [4.78, 5) is 25.6. The molecule has 1 saturated heterocycles. The van der Waals surface area contributed by atoms with Gasteiger partial charge in [0.2, 0.25) is 5.91 Å². The Balaban J connectivity index is 2.03. The van der Waals surface area contributed by atoms with Crippen LogP contribution in [0.2, 0.25) is 0 Å². The largest absolute Gasteiger partial charge is 0.354 e. The van der Waals surface area contributed by atoms with Gasteiger partial charge in [-0.2, -0.15) is 0 Å².